The molecule has 2 aromatic rings. The van der Waals surface area contributed by atoms with Crippen LogP contribution < -0.4 is 5.73 Å². The molecule has 19 heavy (non-hydrogen) atoms. The van der Waals surface area contributed by atoms with Gasteiger partial charge in [-0.2, -0.15) is 0 Å². The molecule has 1 unspecified atom stereocenters. The third-order valence-electron chi connectivity index (χ3n) is 3.45. The average Bonchev–Trinajstić information content (AvgIpc) is 2.76. The van der Waals surface area contributed by atoms with Gasteiger partial charge in [-0.05, 0) is 18.6 Å². The molecule has 3 nitrogen and oxygen atoms in total. The van der Waals surface area contributed by atoms with E-state index in [9.17, 15) is 0 Å². The molecule has 1 aromatic carbocycles. The molecular formula is C14H17Cl2N3. The van der Waals surface area contributed by atoms with Gasteiger partial charge in [0, 0.05) is 36.6 Å². The zero-order valence-corrected chi connectivity index (χ0v) is 12.1. The minimum Gasteiger partial charge on any atom is -0.326 e. The summed E-state index contributed by atoms with van der Waals surface area (Å²) in [7, 11) is 0. The normalized spacial score (nSPS) is 19.6. The fraction of sp³-hybridized carbons (Fsp3) is 0.357. The molecule has 0 saturated carbocycles. The molecular weight excluding hydrogens is 281 g/mol. The van der Waals surface area contributed by atoms with Gasteiger partial charge >= 0.3 is 0 Å². The van der Waals surface area contributed by atoms with Crippen LogP contribution in [0.15, 0.2) is 30.3 Å². The van der Waals surface area contributed by atoms with Crippen LogP contribution in [-0.4, -0.2) is 29.0 Å². The average molecular weight is 298 g/mol. The molecule has 1 aliphatic heterocycles. The van der Waals surface area contributed by atoms with Crippen LogP contribution in [0.2, 0.25) is 5.15 Å². The second kappa shape index (κ2) is 6.06. The minimum absolute atomic E-state index is 0. The van der Waals surface area contributed by atoms with E-state index in [0.717, 1.165) is 42.5 Å². The fourth-order valence-corrected chi connectivity index (χ4v) is 2.70. The largest absolute Gasteiger partial charge is 0.326 e. The third-order valence-corrected chi connectivity index (χ3v) is 3.78. The van der Waals surface area contributed by atoms with E-state index in [1.165, 1.54) is 0 Å². The van der Waals surface area contributed by atoms with Crippen molar-refractivity contribution < 1.29 is 0 Å². The van der Waals surface area contributed by atoms with Crippen LogP contribution in [0.1, 0.15) is 12.0 Å². The highest BCUT2D eigenvalue weighted by molar-refractivity contribution is 6.30. The van der Waals surface area contributed by atoms with Crippen molar-refractivity contribution in [3.63, 3.8) is 0 Å². The molecule has 5 heteroatoms. The third kappa shape index (κ3) is 3.18. The summed E-state index contributed by atoms with van der Waals surface area (Å²) in [5, 5.41) is 1.74. The van der Waals surface area contributed by atoms with Crippen LogP contribution in [0.3, 0.4) is 0 Å². The highest BCUT2D eigenvalue weighted by atomic mass is 35.5. The van der Waals surface area contributed by atoms with Gasteiger partial charge in [-0.25, -0.2) is 4.98 Å². The Labute approximate surface area is 124 Å². The first-order chi connectivity index (χ1) is 8.72. The number of pyridine rings is 1. The molecule has 2 heterocycles. The molecule has 0 radical (unpaired) electrons. The molecule has 2 N–H and O–H groups in total. The second-order valence-electron chi connectivity index (χ2n) is 4.91. The van der Waals surface area contributed by atoms with Gasteiger partial charge in [-0.1, -0.05) is 29.8 Å². The quantitative estimate of drug-likeness (QED) is 0.867. The van der Waals surface area contributed by atoms with Crippen molar-refractivity contribution in [3.8, 4) is 0 Å². The molecule has 3 rings (SSSR count). The van der Waals surface area contributed by atoms with E-state index < -0.39 is 0 Å². The first kappa shape index (κ1) is 14.5. The van der Waals surface area contributed by atoms with Gasteiger partial charge in [0.1, 0.15) is 5.15 Å². The van der Waals surface area contributed by atoms with E-state index in [0.29, 0.717) is 11.2 Å². The Morgan fingerprint density at radius 3 is 2.89 bits per heavy atom. The Kier molecular flexibility index (Phi) is 4.63. The Balaban J connectivity index is 0.00000133. The summed E-state index contributed by atoms with van der Waals surface area (Å²) in [5.74, 6) is 0. The van der Waals surface area contributed by atoms with Crippen molar-refractivity contribution in [2.24, 2.45) is 5.73 Å². The van der Waals surface area contributed by atoms with Crippen LogP contribution in [0, 0.1) is 0 Å². The van der Waals surface area contributed by atoms with E-state index >= 15 is 0 Å². The SMILES string of the molecule is Cl.NC1CCN(Cc2cc3ccccc3nc2Cl)C1. The van der Waals surface area contributed by atoms with Gasteiger partial charge in [0.2, 0.25) is 0 Å². The molecule has 0 aliphatic carbocycles. The number of para-hydroxylation sites is 1. The van der Waals surface area contributed by atoms with E-state index in [1.54, 1.807) is 0 Å². The maximum atomic E-state index is 6.25. The molecule has 1 atom stereocenters. The lowest BCUT2D eigenvalue weighted by atomic mass is 10.1. The summed E-state index contributed by atoms with van der Waals surface area (Å²) in [6.45, 7) is 2.83. The van der Waals surface area contributed by atoms with Crippen molar-refractivity contribution in [1.29, 1.82) is 0 Å². The first-order valence-electron chi connectivity index (χ1n) is 6.24. The van der Waals surface area contributed by atoms with E-state index in [1.807, 2.05) is 18.2 Å². The van der Waals surface area contributed by atoms with Gasteiger partial charge in [-0.15, -0.1) is 12.4 Å². The summed E-state index contributed by atoms with van der Waals surface area (Å²) >= 11 is 6.25. The number of fused-ring (bicyclic) bond motifs is 1. The topological polar surface area (TPSA) is 42.1 Å². The summed E-state index contributed by atoms with van der Waals surface area (Å²) < 4.78 is 0. The maximum Gasteiger partial charge on any atom is 0.134 e. The molecule has 0 amide bonds. The van der Waals surface area contributed by atoms with Crippen molar-refractivity contribution in [3.05, 3.63) is 41.0 Å². The molecule has 1 saturated heterocycles. The number of benzene rings is 1. The standard InChI is InChI=1S/C14H16ClN3.ClH/c15-14-11(8-18-6-5-12(16)9-18)7-10-3-1-2-4-13(10)17-14;/h1-4,7,12H,5-6,8-9,16H2;1H. The fourth-order valence-electron chi connectivity index (χ4n) is 2.49. The zero-order valence-electron chi connectivity index (χ0n) is 10.6. The minimum atomic E-state index is 0. The van der Waals surface area contributed by atoms with Crippen LogP contribution in [0.5, 0.6) is 0 Å². The van der Waals surface area contributed by atoms with Crippen molar-refractivity contribution in [1.82, 2.24) is 9.88 Å². The highest BCUT2D eigenvalue weighted by Crippen LogP contribution is 2.23. The predicted octanol–water partition coefficient (Wildman–Crippen LogP) is 2.84. The summed E-state index contributed by atoms with van der Waals surface area (Å²) in [6, 6.07) is 10.5. The molecule has 0 spiro atoms. The lowest BCUT2D eigenvalue weighted by Gasteiger charge is -2.16. The van der Waals surface area contributed by atoms with Gasteiger partial charge in [0.15, 0.2) is 0 Å². The van der Waals surface area contributed by atoms with Crippen molar-refractivity contribution in [2.45, 2.75) is 19.0 Å². The second-order valence-corrected chi connectivity index (χ2v) is 5.27. The van der Waals surface area contributed by atoms with Crippen LogP contribution in [0.25, 0.3) is 10.9 Å². The number of halogens is 2. The van der Waals surface area contributed by atoms with Crippen LogP contribution >= 0.6 is 24.0 Å². The zero-order chi connectivity index (χ0) is 12.5. The van der Waals surface area contributed by atoms with Crippen molar-refractivity contribution >= 4 is 34.9 Å². The monoisotopic (exact) mass is 297 g/mol. The highest BCUT2D eigenvalue weighted by Gasteiger charge is 2.20. The molecule has 0 bridgehead atoms. The molecule has 1 aromatic heterocycles. The number of aromatic nitrogens is 1. The number of likely N-dealkylation sites (tertiary alicyclic amines) is 1. The number of rotatable bonds is 2. The van der Waals surface area contributed by atoms with E-state index in [-0.39, 0.29) is 12.4 Å². The van der Waals surface area contributed by atoms with Gasteiger partial charge in [0.05, 0.1) is 5.52 Å². The van der Waals surface area contributed by atoms with E-state index in [4.69, 9.17) is 17.3 Å². The maximum absolute atomic E-state index is 6.25. The Hall–Kier alpha value is -0.870. The predicted molar refractivity (Wildman–Crippen MR) is 81.9 cm³/mol. The lowest BCUT2D eigenvalue weighted by Crippen LogP contribution is -2.26. The summed E-state index contributed by atoms with van der Waals surface area (Å²) in [6.07, 6.45) is 1.07. The van der Waals surface area contributed by atoms with Crippen LogP contribution in [-0.2, 0) is 6.54 Å². The summed E-state index contributed by atoms with van der Waals surface area (Å²) in [5.41, 5.74) is 7.95. The van der Waals surface area contributed by atoms with Gasteiger partial charge in [0.25, 0.3) is 0 Å². The molecule has 102 valence electrons. The number of hydrogen-bond donors (Lipinski definition) is 1. The number of nitrogens with zero attached hydrogens (tertiary/aromatic N) is 2. The Bertz CT molecular complexity index is 574. The Morgan fingerprint density at radius 1 is 1.37 bits per heavy atom. The number of nitrogens with two attached hydrogens (primary N) is 1. The smallest absolute Gasteiger partial charge is 0.134 e. The van der Waals surface area contributed by atoms with Gasteiger partial charge < -0.3 is 5.73 Å². The molecule has 1 aliphatic rings. The van der Waals surface area contributed by atoms with Gasteiger partial charge in [-0.3, -0.25) is 4.90 Å². The number of hydrogen-bond acceptors (Lipinski definition) is 3. The first-order valence-corrected chi connectivity index (χ1v) is 6.62. The lowest BCUT2D eigenvalue weighted by molar-refractivity contribution is 0.327. The van der Waals surface area contributed by atoms with Crippen molar-refractivity contribution in [2.75, 3.05) is 13.1 Å². The summed E-state index contributed by atoms with van der Waals surface area (Å²) in [4.78, 5) is 6.78. The Morgan fingerprint density at radius 2 is 2.16 bits per heavy atom. The van der Waals surface area contributed by atoms with Crippen LogP contribution in [0.4, 0.5) is 0 Å². The molecule has 1 fully saturated rings. The van der Waals surface area contributed by atoms with E-state index in [2.05, 4.69) is 22.0 Å².